The van der Waals surface area contributed by atoms with E-state index in [0.717, 1.165) is 34.6 Å². The minimum Gasteiger partial charge on any atom is -0.258 e. The predicted molar refractivity (Wildman–Crippen MR) is 117 cm³/mol. The third-order valence-corrected chi connectivity index (χ3v) is 6.01. The Morgan fingerprint density at radius 3 is 2.41 bits per heavy atom. The van der Waals surface area contributed by atoms with E-state index in [2.05, 4.69) is 26.0 Å². The molecule has 0 atom stereocenters. The van der Waals surface area contributed by atoms with Crippen LogP contribution in [0.3, 0.4) is 0 Å². The van der Waals surface area contributed by atoms with Gasteiger partial charge in [-0.3, -0.25) is 10.1 Å². The number of rotatable bonds is 4. The van der Waals surface area contributed by atoms with E-state index in [1.54, 1.807) is 12.1 Å². The molecule has 0 aliphatic heterocycles. The van der Waals surface area contributed by atoms with Gasteiger partial charge in [0, 0.05) is 28.8 Å². The van der Waals surface area contributed by atoms with Gasteiger partial charge in [0.15, 0.2) is 0 Å². The Kier molecular flexibility index (Phi) is 5.40. The highest BCUT2D eigenvalue weighted by Gasteiger charge is 2.14. The number of non-ortho nitro benzene ring substituents is 1. The first-order chi connectivity index (χ1) is 14.0. The molecular formula is C22H22N4O2S. The zero-order chi connectivity index (χ0) is 20.4. The largest absolute Gasteiger partial charge is 0.269 e. The lowest BCUT2D eigenvalue weighted by Gasteiger charge is -2.06. The lowest BCUT2D eigenvalue weighted by molar-refractivity contribution is -0.384. The molecule has 0 amide bonds. The monoisotopic (exact) mass is 406 g/mol. The van der Waals surface area contributed by atoms with Crippen molar-refractivity contribution < 1.29 is 4.92 Å². The number of aromatic nitrogens is 1. The highest BCUT2D eigenvalue weighted by molar-refractivity contribution is 7.07. The van der Waals surface area contributed by atoms with Crippen LogP contribution in [0.1, 0.15) is 36.8 Å². The fourth-order valence-electron chi connectivity index (χ4n) is 3.36. The van der Waals surface area contributed by atoms with E-state index < -0.39 is 0 Å². The van der Waals surface area contributed by atoms with Crippen molar-refractivity contribution in [1.82, 2.24) is 4.68 Å². The molecule has 7 heteroatoms. The molecule has 2 aromatic carbocycles. The fourth-order valence-corrected chi connectivity index (χ4v) is 4.21. The Morgan fingerprint density at radius 2 is 1.76 bits per heavy atom. The van der Waals surface area contributed by atoms with Gasteiger partial charge in [-0.15, -0.1) is 11.3 Å². The highest BCUT2D eigenvalue weighted by Crippen LogP contribution is 2.25. The number of aryl methyl sites for hydroxylation is 2. The Bertz CT molecular complexity index is 1150. The smallest absolute Gasteiger partial charge is 0.258 e. The topological polar surface area (TPSA) is 72.8 Å². The predicted octanol–water partition coefficient (Wildman–Crippen LogP) is 5.75. The standard InChI is InChI=1S/C22H22N4O2S/c1-15-7-10-19(13-16(15)2)23-22-25(24-18-5-3-4-6-18)21(14-29-22)17-8-11-20(12-9-17)26(27)28/h7-14H,3-6H2,1-2H3. The van der Waals surface area contributed by atoms with E-state index in [9.17, 15) is 10.1 Å². The van der Waals surface area contributed by atoms with Gasteiger partial charge >= 0.3 is 0 Å². The second kappa shape index (κ2) is 8.13. The summed E-state index contributed by atoms with van der Waals surface area (Å²) in [6, 6.07) is 12.8. The molecule has 6 nitrogen and oxygen atoms in total. The quantitative estimate of drug-likeness (QED) is 0.409. The molecule has 1 aliphatic carbocycles. The van der Waals surface area contributed by atoms with Gasteiger partial charge in [-0.25, -0.2) is 9.67 Å². The van der Waals surface area contributed by atoms with Gasteiger partial charge in [-0.05, 0) is 74.9 Å². The van der Waals surface area contributed by atoms with Gasteiger partial charge in [0.2, 0.25) is 4.80 Å². The Hall–Kier alpha value is -3.06. The molecule has 148 valence electrons. The van der Waals surface area contributed by atoms with Crippen LogP contribution in [0.25, 0.3) is 11.3 Å². The molecule has 0 saturated heterocycles. The second-order valence-electron chi connectivity index (χ2n) is 7.27. The highest BCUT2D eigenvalue weighted by atomic mass is 32.1. The first kappa shape index (κ1) is 19.3. The minimum absolute atomic E-state index is 0.0812. The summed E-state index contributed by atoms with van der Waals surface area (Å²) in [4.78, 5) is 16.2. The molecule has 0 radical (unpaired) electrons. The van der Waals surface area contributed by atoms with Crippen molar-refractivity contribution in [2.45, 2.75) is 39.5 Å². The van der Waals surface area contributed by atoms with Crippen LogP contribution in [-0.4, -0.2) is 15.3 Å². The van der Waals surface area contributed by atoms with Crippen LogP contribution in [-0.2, 0) is 0 Å². The van der Waals surface area contributed by atoms with Gasteiger partial charge in [0.25, 0.3) is 5.69 Å². The van der Waals surface area contributed by atoms with Crippen LogP contribution in [0.4, 0.5) is 11.4 Å². The molecule has 1 fully saturated rings. The molecule has 0 N–H and O–H groups in total. The maximum atomic E-state index is 11.0. The minimum atomic E-state index is -0.384. The molecule has 1 saturated carbocycles. The number of benzene rings is 2. The average Bonchev–Trinajstić information content (AvgIpc) is 3.36. The molecular weight excluding hydrogens is 384 g/mol. The van der Waals surface area contributed by atoms with Crippen LogP contribution in [0.5, 0.6) is 0 Å². The third-order valence-electron chi connectivity index (χ3n) is 5.20. The van der Waals surface area contributed by atoms with Gasteiger partial charge in [-0.2, -0.15) is 5.10 Å². The van der Waals surface area contributed by atoms with Crippen molar-refractivity contribution in [3.63, 3.8) is 0 Å². The van der Waals surface area contributed by atoms with Crippen molar-refractivity contribution in [1.29, 1.82) is 0 Å². The summed E-state index contributed by atoms with van der Waals surface area (Å²) in [6.45, 7) is 4.17. The lowest BCUT2D eigenvalue weighted by Crippen LogP contribution is -2.13. The van der Waals surface area contributed by atoms with Gasteiger partial charge in [-0.1, -0.05) is 6.07 Å². The lowest BCUT2D eigenvalue weighted by atomic mass is 10.1. The second-order valence-corrected chi connectivity index (χ2v) is 8.11. The van der Waals surface area contributed by atoms with Gasteiger partial charge in [0.1, 0.15) is 0 Å². The molecule has 0 spiro atoms. The van der Waals surface area contributed by atoms with Crippen LogP contribution < -0.4 is 4.80 Å². The first-order valence-corrected chi connectivity index (χ1v) is 10.5. The number of hydrogen-bond acceptors (Lipinski definition) is 5. The van der Waals surface area contributed by atoms with Crippen molar-refractivity contribution in [3.05, 3.63) is 73.9 Å². The Labute approximate surface area is 173 Å². The van der Waals surface area contributed by atoms with E-state index in [1.807, 2.05) is 16.1 Å². The van der Waals surface area contributed by atoms with E-state index in [-0.39, 0.29) is 10.6 Å². The van der Waals surface area contributed by atoms with Crippen LogP contribution in [0.2, 0.25) is 0 Å². The van der Waals surface area contributed by atoms with Crippen LogP contribution in [0, 0.1) is 24.0 Å². The molecule has 1 heterocycles. The summed E-state index contributed by atoms with van der Waals surface area (Å²) < 4.78 is 1.89. The molecule has 0 bridgehead atoms. The SMILES string of the molecule is Cc1ccc(N=c2scc(-c3ccc([N+](=O)[O-])cc3)n2N=C2CCCC2)cc1C. The number of nitro groups is 1. The number of thiazole rings is 1. The summed E-state index contributed by atoms with van der Waals surface area (Å²) in [7, 11) is 0. The number of hydrogen-bond donors (Lipinski definition) is 0. The van der Waals surface area contributed by atoms with E-state index in [0.29, 0.717) is 0 Å². The summed E-state index contributed by atoms with van der Waals surface area (Å²) in [5.74, 6) is 0. The summed E-state index contributed by atoms with van der Waals surface area (Å²) in [5, 5.41) is 17.9. The average molecular weight is 407 g/mol. The zero-order valence-corrected chi connectivity index (χ0v) is 17.3. The first-order valence-electron chi connectivity index (χ1n) is 9.65. The molecule has 3 aromatic rings. The zero-order valence-electron chi connectivity index (χ0n) is 16.5. The van der Waals surface area contributed by atoms with E-state index in [1.165, 1.54) is 53.1 Å². The van der Waals surface area contributed by atoms with Crippen LogP contribution in [0.15, 0.2) is 57.9 Å². The Morgan fingerprint density at radius 1 is 1.03 bits per heavy atom. The summed E-state index contributed by atoms with van der Waals surface area (Å²) in [6.07, 6.45) is 4.34. The molecule has 4 rings (SSSR count). The molecule has 1 aliphatic rings. The number of nitro benzene ring substituents is 1. The maximum Gasteiger partial charge on any atom is 0.269 e. The van der Waals surface area contributed by atoms with Crippen molar-refractivity contribution in [3.8, 4) is 11.3 Å². The molecule has 0 unspecified atom stereocenters. The van der Waals surface area contributed by atoms with E-state index >= 15 is 0 Å². The normalized spacial score (nSPS) is 14.4. The van der Waals surface area contributed by atoms with Crippen molar-refractivity contribution >= 4 is 28.4 Å². The van der Waals surface area contributed by atoms with Gasteiger partial charge < -0.3 is 0 Å². The summed E-state index contributed by atoms with van der Waals surface area (Å²) in [5.41, 5.74) is 6.37. The Balaban J connectivity index is 1.83. The number of nitrogens with zero attached hydrogens (tertiary/aromatic N) is 4. The van der Waals surface area contributed by atoms with Gasteiger partial charge in [0.05, 0.1) is 16.3 Å². The van der Waals surface area contributed by atoms with Crippen LogP contribution >= 0.6 is 11.3 Å². The van der Waals surface area contributed by atoms with Crippen molar-refractivity contribution in [2.24, 2.45) is 10.1 Å². The third kappa shape index (κ3) is 4.19. The maximum absolute atomic E-state index is 11.0. The molecule has 1 aromatic heterocycles. The molecule has 29 heavy (non-hydrogen) atoms. The van der Waals surface area contributed by atoms with Crippen molar-refractivity contribution in [2.75, 3.05) is 0 Å². The summed E-state index contributed by atoms with van der Waals surface area (Å²) >= 11 is 1.53. The fraction of sp³-hybridized carbons (Fsp3) is 0.273. The van der Waals surface area contributed by atoms with E-state index in [4.69, 9.17) is 10.1 Å².